The average Bonchev–Trinajstić information content (AvgIpc) is 3.16. The number of hydrogen-bond donors (Lipinski definition) is 1. The smallest absolute Gasteiger partial charge is 0.291 e. The van der Waals surface area contributed by atoms with Crippen molar-refractivity contribution in [2.45, 2.75) is 52.0 Å². The molecule has 0 unspecified atom stereocenters. The number of nitrogens with zero attached hydrogens (tertiary/aromatic N) is 4. The number of aryl methyl sites for hydroxylation is 1. The molecular formula is C21H29N5O2S. The number of likely N-dealkylation sites (tertiary alicyclic amines) is 1. The van der Waals surface area contributed by atoms with E-state index in [2.05, 4.69) is 28.3 Å². The molecule has 1 saturated heterocycles. The molecule has 3 aromatic rings. The molecule has 0 bridgehead atoms. The number of thiophene rings is 1. The number of nitrogens with one attached hydrogen (secondary N) is 1. The van der Waals surface area contributed by atoms with Gasteiger partial charge >= 0.3 is 0 Å². The number of fused-ring (bicyclic) bond motifs is 3. The predicted molar refractivity (Wildman–Crippen MR) is 117 cm³/mol. The lowest BCUT2D eigenvalue weighted by molar-refractivity contribution is -0.121. The fourth-order valence-corrected chi connectivity index (χ4v) is 5.05. The van der Waals surface area contributed by atoms with Crippen molar-refractivity contribution in [3.05, 3.63) is 33.7 Å². The van der Waals surface area contributed by atoms with E-state index >= 15 is 0 Å². The van der Waals surface area contributed by atoms with Crippen LogP contribution in [0.1, 0.15) is 43.9 Å². The first-order valence-electron chi connectivity index (χ1n) is 10.6. The molecule has 0 atom stereocenters. The van der Waals surface area contributed by atoms with Gasteiger partial charge in [-0.15, -0.1) is 11.3 Å². The molecule has 0 spiro atoms. The largest absolute Gasteiger partial charge is 0.354 e. The Morgan fingerprint density at radius 3 is 2.72 bits per heavy atom. The second-order valence-corrected chi connectivity index (χ2v) is 8.94. The van der Waals surface area contributed by atoms with Crippen molar-refractivity contribution in [1.29, 1.82) is 0 Å². The summed E-state index contributed by atoms with van der Waals surface area (Å²) in [5, 5.41) is 7.15. The van der Waals surface area contributed by atoms with Gasteiger partial charge < -0.3 is 10.2 Å². The normalized spacial score (nSPS) is 15.8. The molecule has 4 heterocycles. The van der Waals surface area contributed by atoms with E-state index in [0.29, 0.717) is 12.1 Å². The highest BCUT2D eigenvalue weighted by atomic mass is 32.1. The topological polar surface area (TPSA) is 71.6 Å². The highest BCUT2D eigenvalue weighted by Gasteiger charge is 2.14. The molecule has 1 amide bonds. The predicted octanol–water partition coefficient (Wildman–Crippen LogP) is 2.66. The molecule has 7 nitrogen and oxygen atoms in total. The van der Waals surface area contributed by atoms with Crippen LogP contribution in [0, 0.1) is 0 Å². The first-order valence-corrected chi connectivity index (χ1v) is 11.5. The van der Waals surface area contributed by atoms with Gasteiger partial charge in [-0.1, -0.05) is 19.8 Å². The lowest BCUT2D eigenvalue weighted by Gasteiger charge is -2.19. The molecule has 0 aromatic carbocycles. The Morgan fingerprint density at radius 2 is 1.97 bits per heavy atom. The Bertz CT molecular complexity index is 1040. The SMILES string of the molecule is CCc1cc2c(cc3c(=O)n(CC(=O)NCCCN4CCCCCC4)ncn32)s1. The minimum absolute atomic E-state index is 0.0436. The van der Waals surface area contributed by atoms with Crippen LogP contribution >= 0.6 is 11.3 Å². The summed E-state index contributed by atoms with van der Waals surface area (Å²) in [7, 11) is 0. The molecular weight excluding hydrogens is 386 g/mol. The second-order valence-electron chi connectivity index (χ2n) is 7.77. The van der Waals surface area contributed by atoms with Gasteiger partial charge in [-0.3, -0.25) is 14.0 Å². The van der Waals surface area contributed by atoms with Crippen molar-refractivity contribution in [3.63, 3.8) is 0 Å². The van der Waals surface area contributed by atoms with Crippen molar-refractivity contribution >= 4 is 33.0 Å². The lowest BCUT2D eigenvalue weighted by atomic mass is 10.2. The fraction of sp³-hybridized carbons (Fsp3) is 0.571. The highest BCUT2D eigenvalue weighted by Crippen LogP contribution is 2.28. The zero-order valence-electron chi connectivity index (χ0n) is 17.0. The van der Waals surface area contributed by atoms with Crippen LogP contribution < -0.4 is 10.9 Å². The quantitative estimate of drug-likeness (QED) is 0.602. The Kier molecular flexibility index (Phi) is 6.30. The van der Waals surface area contributed by atoms with Gasteiger partial charge in [-0.25, -0.2) is 4.68 Å². The number of carbonyl (C=O) groups is 1. The fourth-order valence-electron chi connectivity index (χ4n) is 4.02. The third kappa shape index (κ3) is 4.53. The van der Waals surface area contributed by atoms with Crippen LogP contribution in [0.4, 0.5) is 0 Å². The number of aromatic nitrogens is 3. The molecule has 156 valence electrons. The maximum atomic E-state index is 12.8. The van der Waals surface area contributed by atoms with Gasteiger partial charge in [0.05, 0.1) is 10.2 Å². The van der Waals surface area contributed by atoms with E-state index in [1.807, 2.05) is 10.5 Å². The van der Waals surface area contributed by atoms with Crippen molar-refractivity contribution in [3.8, 4) is 0 Å². The third-order valence-electron chi connectivity index (χ3n) is 5.65. The van der Waals surface area contributed by atoms with Crippen LogP contribution in [0.3, 0.4) is 0 Å². The number of hydrogen-bond acceptors (Lipinski definition) is 5. The van der Waals surface area contributed by atoms with E-state index in [4.69, 9.17) is 0 Å². The summed E-state index contributed by atoms with van der Waals surface area (Å²) in [6, 6.07) is 4.01. The number of carbonyl (C=O) groups excluding carboxylic acids is 1. The minimum atomic E-state index is -0.228. The van der Waals surface area contributed by atoms with Gasteiger partial charge in [-0.05, 0) is 57.5 Å². The van der Waals surface area contributed by atoms with Crippen LogP contribution in [0.15, 0.2) is 23.3 Å². The summed E-state index contributed by atoms with van der Waals surface area (Å²) in [6.07, 6.45) is 8.77. The van der Waals surface area contributed by atoms with Crippen molar-refractivity contribution in [1.82, 2.24) is 24.4 Å². The molecule has 29 heavy (non-hydrogen) atoms. The standard InChI is InChI=1S/C21H29N5O2S/c1-2-16-12-17-19(29-16)13-18-21(28)26(23-15-25(17)18)14-20(27)22-8-7-11-24-9-5-3-4-6-10-24/h12-13,15H,2-11,14H2,1H3,(H,22,27). The van der Waals surface area contributed by atoms with Crippen LogP contribution in [0.25, 0.3) is 15.7 Å². The molecule has 8 heteroatoms. The number of amides is 1. The van der Waals surface area contributed by atoms with Gasteiger partial charge in [0.25, 0.3) is 5.56 Å². The van der Waals surface area contributed by atoms with Gasteiger partial charge in [-0.2, -0.15) is 5.10 Å². The number of rotatable bonds is 7. The Labute approximate surface area is 174 Å². The average molecular weight is 416 g/mol. The lowest BCUT2D eigenvalue weighted by Crippen LogP contribution is -2.35. The van der Waals surface area contributed by atoms with E-state index in [1.165, 1.54) is 48.3 Å². The van der Waals surface area contributed by atoms with Crippen molar-refractivity contribution in [2.24, 2.45) is 0 Å². The van der Waals surface area contributed by atoms with Crippen molar-refractivity contribution < 1.29 is 4.79 Å². The highest BCUT2D eigenvalue weighted by molar-refractivity contribution is 7.19. The summed E-state index contributed by atoms with van der Waals surface area (Å²) >= 11 is 1.70. The summed E-state index contributed by atoms with van der Waals surface area (Å²) < 4.78 is 4.16. The van der Waals surface area contributed by atoms with Crippen molar-refractivity contribution in [2.75, 3.05) is 26.2 Å². The van der Waals surface area contributed by atoms with Gasteiger partial charge in [0.2, 0.25) is 5.91 Å². The molecule has 0 aliphatic carbocycles. The van der Waals surface area contributed by atoms with Gasteiger partial charge in [0, 0.05) is 11.4 Å². The third-order valence-corrected chi connectivity index (χ3v) is 6.87. The minimum Gasteiger partial charge on any atom is -0.354 e. The summed E-state index contributed by atoms with van der Waals surface area (Å²) in [5.41, 5.74) is 1.35. The van der Waals surface area contributed by atoms with E-state index in [-0.39, 0.29) is 18.0 Å². The molecule has 0 saturated carbocycles. The second kappa shape index (κ2) is 9.09. The molecule has 1 fully saturated rings. The van der Waals surface area contributed by atoms with Gasteiger partial charge in [0.15, 0.2) is 0 Å². The van der Waals surface area contributed by atoms with Crippen LogP contribution in [0.2, 0.25) is 0 Å². The molecule has 0 radical (unpaired) electrons. The summed E-state index contributed by atoms with van der Waals surface area (Å²) in [6.45, 7) is 6.06. The molecule has 1 aliphatic rings. The Balaban J connectivity index is 1.34. The van der Waals surface area contributed by atoms with E-state index in [9.17, 15) is 9.59 Å². The molecule has 1 aliphatic heterocycles. The summed E-state index contributed by atoms with van der Waals surface area (Å²) in [5.74, 6) is -0.165. The maximum Gasteiger partial charge on any atom is 0.291 e. The first kappa shape index (κ1) is 20.1. The van der Waals surface area contributed by atoms with Crippen LogP contribution in [-0.2, 0) is 17.8 Å². The molecule has 4 rings (SSSR count). The van der Waals surface area contributed by atoms with Gasteiger partial charge in [0.1, 0.15) is 18.4 Å². The van der Waals surface area contributed by atoms with Crippen LogP contribution in [0.5, 0.6) is 0 Å². The van der Waals surface area contributed by atoms with E-state index in [1.54, 1.807) is 17.7 Å². The zero-order valence-corrected chi connectivity index (χ0v) is 17.8. The Morgan fingerprint density at radius 1 is 1.17 bits per heavy atom. The zero-order chi connectivity index (χ0) is 20.2. The maximum absolute atomic E-state index is 12.8. The Hall–Kier alpha value is -2.19. The monoisotopic (exact) mass is 415 g/mol. The summed E-state index contributed by atoms with van der Waals surface area (Å²) in [4.78, 5) is 28.8. The van der Waals surface area contributed by atoms with E-state index < -0.39 is 0 Å². The first-order chi connectivity index (χ1) is 14.2. The van der Waals surface area contributed by atoms with E-state index in [0.717, 1.165) is 29.6 Å². The van der Waals surface area contributed by atoms with Crippen LogP contribution in [-0.4, -0.2) is 51.2 Å². The molecule has 1 N–H and O–H groups in total. The molecule has 3 aromatic heterocycles.